The van der Waals surface area contributed by atoms with Crippen LogP contribution in [-0.4, -0.2) is 17.1 Å². The van der Waals surface area contributed by atoms with Crippen LogP contribution in [-0.2, 0) is 0 Å². The van der Waals surface area contributed by atoms with Crippen LogP contribution < -0.4 is 16.0 Å². The van der Waals surface area contributed by atoms with E-state index in [-0.39, 0.29) is 46.6 Å². The molecule has 2 aliphatic carbocycles. The van der Waals surface area contributed by atoms with Gasteiger partial charge in [-0.2, -0.15) is 0 Å². The summed E-state index contributed by atoms with van der Waals surface area (Å²) in [6.07, 6.45) is 7.68. The van der Waals surface area contributed by atoms with Crippen LogP contribution in [0.4, 0.5) is 13.2 Å². The van der Waals surface area contributed by atoms with Gasteiger partial charge in [-0.1, -0.05) is 13.0 Å². The lowest BCUT2D eigenvalue weighted by molar-refractivity contribution is 0.0251. The minimum Gasteiger partial charge on any atom is -0.487 e. The first-order chi connectivity index (χ1) is 15.3. The molecule has 1 fully saturated rings. The van der Waals surface area contributed by atoms with E-state index in [0.717, 1.165) is 6.42 Å². The van der Waals surface area contributed by atoms with Crippen LogP contribution in [0.2, 0.25) is 0 Å². The molecule has 2 atom stereocenters. The number of pyridine rings is 1. The Morgan fingerprint density at radius 2 is 1.97 bits per heavy atom. The number of nitrogens with one attached hydrogen (secondary N) is 1. The van der Waals surface area contributed by atoms with Crippen molar-refractivity contribution >= 4 is 10.8 Å². The van der Waals surface area contributed by atoms with Crippen molar-refractivity contribution in [1.29, 1.82) is 0 Å². The molecule has 4 nitrogen and oxygen atoms in total. The molecular formula is C25H29F3N2O2. The van der Waals surface area contributed by atoms with Gasteiger partial charge >= 0.3 is 0 Å². The molecule has 172 valence electrons. The van der Waals surface area contributed by atoms with Crippen molar-refractivity contribution in [1.82, 2.24) is 4.98 Å². The number of benzene rings is 1. The Morgan fingerprint density at radius 1 is 1.25 bits per heavy atom. The zero-order chi connectivity index (χ0) is 23.0. The van der Waals surface area contributed by atoms with Crippen LogP contribution in [0.3, 0.4) is 0 Å². The van der Waals surface area contributed by atoms with Crippen molar-refractivity contribution in [2.45, 2.75) is 64.5 Å². The van der Waals surface area contributed by atoms with E-state index in [2.05, 4.69) is 4.98 Å². The number of ether oxygens (including phenoxy) is 1. The first kappa shape index (κ1) is 22.6. The average molecular weight is 447 g/mol. The molecule has 0 radical (unpaired) electrons. The fraction of sp³-hybridized carbons (Fsp3) is 0.480. The Hall–Kier alpha value is -2.54. The lowest BCUT2D eigenvalue weighted by Gasteiger charge is -2.48. The first-order valence-electron chi connectivity index (χ1n) is 11.2. The van der Waals surface area contributed by atoms with Gasteiger partial charge in [0, 0.05) is 24.2 Å². The Balaban J connectivity index is 1.55. The maximum atomic E-state index is 14.8. The monoisotopic (exact) mass is 446 g/mol. The van der Waals surface area contributed by atoms with E-state index in [1.165, 1.54) is 18.3 Å². The SMILES string of the molecule is CCC(N)C1(C2C=CC(F)=C(F)C2)CCC(Oc2c(F)cc3c(=O)[nH]ccc3c2C)CC1. The maximum absolute atomic E-state index is 14.8. The van der Waals surface area contributed by atoms with Crippen molar-refractivity contribution < 1.29 is 17.9 Å². The number of hydrogen-bond donors (Lipinski definition) is 2. The van der Waals surface area contributed by atoms with Gasteiger partial charge in [-0.25, -0.2) is 13.2 Å². The van der Waals surface area contributed by atoms with Gasteiger partial charge < -0.3 is 15.5 Å². The summed E-state index contributed by atoms with van der Waals surface area (Å²) in [4.78, 5) is 14.6. The minimum atomic E-state index is -0.806. The molecule has 1 saturated carbocycles. The Bertz CT molecular complexity index is 1130. The number of aryl methyl sites for hydroxylation is 1. The molecule has 4 rings (SSSR count). The Morgan fingerprint density at radius 3 is 2.62 bits per heavy atom. The minimum absolute atomic E-state index is 0.0223. The zero-order valence-electron chi connectivity index (χ0n) is 18.4. The molecule has 7 heteroatoms. The molecule has 0 amide bonds. The van der Waals surface area contributed by atoms with E-state index >= 15 is 0 Å². The molecule has 1 aromatic carbocycles. The van der Waals surface area contributed by atoms with Crippen molar-refractivity contribution in [2.24, 2.45) is 17.1 Å². The van der Waals surface area contributed by atoms with Gasteiger partial charge in [0.2, 0.25) is 0 Å². The highest BCUT2D eigenvalue weighted by atomic mass is 19.2. The van der Waals surface area contributed by atoms with E-state index in [0.29, 0.717) is 36.6 Å². The molecule has 0 spiro atoms. The molecule has 0 bridgehead atoms. The summed E-state index contributed by atoms with van der Waals surface area (Å²) in [7, 11) is 0. The largest absolute Gasteiger partial charge is 0.487 e. The molecule has 3 N–H and O–H groups in total. The summed E-state index contributed by atoms with van der Waals surface area (Å²) in [5, 5.41) is 0.942. The zero-order valence-corrected chi connectivity index (χ0v) is 18.4. The van der Waals surface area contributed by atoms with Crippen LogP contribution in [0.1, 0.15) is 51.0 Å². The summed E-state index contributed by atoms with van der Waals surface area (Å²) < 4.78 is 48.5. The van der Waals surface area contributed by atoms with E-state index < -0.39 is 17.5 Å². The third-order valence-electron chi connectivity index (χ3n) is 7.43. The first-order valence-corrected chi connectivity index (χ1v) is 11.2. The predicted molar refractivity (Wildman–Crippen MR) is 119 cm³/mol. The second-order valence-electron chi connectivity index (χ2n) is 9.07. The van der Waals surface area contributed by atoms with E-state index in [9.17, 15) is 18.0 Å². The van der Waals surface area contributed by atoms with Gasteiger partial charge in [-0.3, -0.25) is 4.79 Å². The number of fused-ring (bicyclic) bond motifs is 1. The second kappa shape index (κ2) is 8.77. The number of aromatic amines is 1. The number of allylic oxidation sites excluding steroid dienone is 4. The van der Waals surface area contributed by atoms with Gasteiger partial charge in [0.25, 0.3) is 5.56 Å². The molecule has 32 heavy (non-hydrogen) atoms. The molecule has 2 aliphatic rings. The van der Waals surface area contributed by atoms with E-state index in [1.54, 1.807) is 19.1 Å². The number of nitrogens with two attached hydrogens (primary N) is 1. The standard InChI is InChI=1S/C25H29F3N2O2/c1-3-22(29)25(15-4-5-19(26)20(27)12-15)9-6-16(7-10-25)32-23-14(2)17-8-11-30-24(31)18(17)13-21(23)28/h4-5,8,11,13,15-16,22H,3,6-7,9-10,12,29H2,1-2H3,(H,30,31). The van der Waals surface area contributed by atoms with Crippen LogP contribution in [0, 0.1) is 24.1 Å². The van der Waals surface area contributed by atoms with Crippen molar-refractivity contribution in [2.75, 3.05) is 0 Å². The summed E-state index contributed by atoms with van der Waals surface area (Å²) in [6, 6.07) is 2.80. The topological polar surface area (TPSA) is 68.1 Å². The highest BCUT2D eigenvalue weighted by Crippen LogP contribution is 2.50. The van der Waals surface area contributed by atoms with Gasteiger partial charge in [0.05, 0.1) is 11.5 Å². The number of aromatic nitrogens is 1. The number of H-pyrrole nitrogens is 1. The van der Waals surface area contributed by atoms with Crippen LogP contribution in [0.15, 0.2) is 46.9 Å². The lowest BCUT2D eigenvalue weighted by Crippen LogP contribution is -2.50. The molecule has 0 saturated heterocycles. The third-order valence-corrected chi connectivity index (χ3v) is 7.43. The van der Waals surface area contributed by atoms with E-state index in [1.807, 2.05) is 6.92 Å². The van der Waals surface area contributed by atoms with Gasteiger partial charge in [0.1, 0.15) is 5.83 Å². The fourth-order valence-corrected chi connectivity index (χ4v) is 5.48. The van der Waals surface area contributed by atoms with Gasteiger partial charge in [-0.15, -0.1) is 0 Å². The van der Waals surface area contributed by atoms with Crippen molar-refractivity contribution in [3.8, 4) is 5.75 Å². The van der Waals surface area contributed by atoms with Gasteiger partial charge in [-0.05, 0) is 74.0 Å². The quantitative estimate of drug-likeness (QED) is 0.615. The van der Waals surface area contributed by atoms with Crippen LogP contribution in [0.5, 0.6) is 5.75 Å². The molecular weight excluding hydrogens is 417 g/mol. The van der Waals surface area contributed by atoms with Crippen LogP contribution in [0.25, 0.3) is 10.8 Å². The number of rotatable bonds is 5. The highest BCUT2D eigenvalue weighted by molar-refractivity contribution is 5.86. The summed E-state index contributed by atoms with van der Waals surface area (Å²) >= 11 is 0. The summed E-state index contributed by atoms with van der Waals surface area (Å²) in [5.74, 6) is -2.11. The summed E-state index contributed by atoms with van der Waals surface area (Å²) in [5.41, 5.74) is 6.41. The Labute approximate surface area is 185 Å². The van der Waals surface area contributed by atoms with Gasteiger partial charge in [0.15, 0.2) is 17.4 Å². The van der Waals surface area contributed by atoms with Crippen LogP contribution >= 0.6 is 0 Å². The molecule has 2 aromatic rings. The predicted octanol–water partition coefficient (Wildman–Crippen LogP) is 5.75. The van der Waals surface area contributed by atoms with E-state index in [4.69, 9.17) is 10.5 Å². The second-order valence-corrected chi connectivity index (χ2v) is 9.07. The lowest BCUT2D eigenvalue weighted by atomic mass is 9.59. The maximum Gasteiger partial charge on any atom is 0.255 e. The molecule has 0 aliphatic heterocycles. The van der Waals surface area contributed by atoms with Crippen molar-refractivity contribution in [3.05, 3.63) is 63.9 Å². The Kier molecular flexibility index (Phi) is 6.21. The number of hydrogen-bond acceptors (Lipinski definition) is 3. The smallest absolute Gasteiger partial charge is 0.255 e. The number of halogens is 3. The van der Waals surface area contributed by atoms with Crippen molar-refractivity contribution in [3.63, 3.8) is 0 Å². The third kappa shape index (κ3) is 3.87. The highest BCUT2D eigenvalue weighted by Gasteiger charge is 2.46. The average Bonchev–Trinajstić information content (AvgIpc) is 2.79. The summed E-state index contributed by atoms with van der Waals surface area (Å²) in [6.45, 7) is 3.75. The molecule has 1 heterocycles. The molecule has 1 aromatic heterocycles. The fourth-order valence-electron chi connectivity index (χ4n) is 5.48. The normalized spacial score (nSPS) is 27.1. The molecule has 2 unspecified atom stereocenters.